The molecule has 1 aliphatic rings. The molecule has 2 aromatic rings. The van der Waals surface area contributed by atoms with Crippen LogP contribution in [0, 0.1) is 0 Å². The van der Waals surface area contributed by atoms with Gasteiger partial charge < -0.3 is 14.7 Å². The summed E-state index contributed by atoms with van der Waals surface area (Å²) < 4.78 is 5.13. The molecule has 0 bridgehead atoms. The predicted molar refractivity (Wildman–Crippen MR) is 99.8 cm³/mol. The summed E-state index contributed by atoms with van der Waals surface area (Å²) in [5.41, 5.74) is -0.500. The van der Waals surface area contributed by atoms with Crippen LogP contribution in [0.5, 0.6) is 5.75 Å². The molecule has 0 aromatic heterocycles. The molecule has 1 heterocycles. The first kappa shape index (κ1) is 18.7. The second-order valence-electron chi connectivity index (χ2n) is 6.24. The first-order valence-corrected chi connectivity index (χ1v) is 8.68. The third-order valence-corrected chi connectivity index (χ3v) is 5.18. The van der Waals surface area contributed by atoms with Crippen LogP contribution in [0.25, 0.3) is 0 Å². The van der Waals surface area contributed by atoms with Gasteiger partial charge >= 0.3 is 0 Å². The fourth-order valence-electron chi connectivity index (χ4n) is 3.17. The van der Waals surface area contributed by atoms with E-state index in [0.29, 0.717) is 17.0 Å². The second kappa shape index (κ2) is 6.91. The summed E-state index contributed by atoms with van der Waals surface area (Å²) in [6.07, 6.45) is -0.324. The van der Waals surface area contributed by atoms with E-state index in [-0.39, 0.29) is 28.8 Å². The molecule has 1 aliphatic heterocycles. The lowest BCUT2D eigenvalue weighted by Crippen LogP contribution is -2.41. The van der Waals surface area contributed by atoms with Gasteiger partial charge in [-0.15, -0.1) is 0 Å². The number of benzene rings is 2. The number of anilines is 1. The number of amides is 1. The Labute approximate surface area is 161 Å². The molecule has 2 aromatic carbocycles. The molecular formula is C19H17Cl2NO4. The van der Waals surface area contributed by atoms with Crippen LogP contribution in [0.1, 0.15) is 24.5 Å². The van der Waals surface area contributed by atoms with Crippen LogP contribution in [0.4, 0.5) is 5.69 Å². The number of carbonyl (C=O) groups excluding carboxylic acids is 2. The Bertz CT molecular complexity index is 882. The van der Waals surface area contributed by atoms with Gasteiger partial charge in [0.2, 0.25) is 0 Å². The molecule has 5 nitrogen and oxygen atoms in total. The summed E-state index contributed by atoms with van der Waals surface area (Å²) >= 11 is 12.4. The van der Waals surface area contributed by atoms with Crippen LogP contribution in [0.15, 0.2) is 36.4 Å². The fourth-order valence-corrected chi connectivity index (χ4v) is 3.59. The Morgan fingerprint density at radius 3 is 2.42 bits per heavy atom. The number of Topliss-reactive ketones (excluding diaryl/α,β-unsaturated/α-hetero) is 1. The van der Waals surface area contributed by atoms with Gasteiger partial charge in [0.25, 0.3) is 5.91 Å². The zero-order chi connectivity index (χ0) is 19.1. The van der Waals surface area contributed by atoms with Crippen molar-refractivity contribution in [2.45, 2.75) is 25.5 Å². The highest BCUT2D eigenvalue weighted by Gasteiger charge is 2.51. The lowest BCUT2D eigenvalue weighted by molar-refractivity contribution is -0.141. The van der Waals surface area contributed by atoms with Gasteiger partial charge in [-0.1, -0.05) is 41.4 Å². The molecule has 26 heavy (non-hydrogen) atoms. The summed E-state index contributed by atoms with van der Waals surface area (Å²) in [7, 11) is 1.57. The molecule has 0 aliphatic carbocycles. The SMILES string of the molecule is COc1ccc(CN2C(=O)C(O)(CC(C)=O)c3ccc(Cl)c(Cl)c32)cc1. The summed E-state index contributed by atoms with van der Waals surface area (Å²) in [5, 5.41) is 11.4. The largest absolute Gasteiger partial charge is 0.497 e. The Balaban J connectivity index is 2.07. The van der Waals surface area contributed by atoms with Crippen molar-refractivity contribution in [3.05, 3.63) is 57.6 Å². The average molecular weight is 394 g/mol. The smallest absolute Gasteiger partial charge is 0.264 e. The molecule has 0 radical (unpaired) electrons. The van der Waals surface area contributed by atoms with E-state index in [1.165, 1.54) is 17.9 Å². The number of hydrogen-bond donors (Lipinski definition) is 1. The molecular weight excluding hydrogens is 377 g/mol. The maximum absolute atomic E-state index is 13.0. The van der Waals surface area contributed by atoms with E-state index in [1.807, 2.05) is 12.1 Å². The van der Waals surface area contributed by atoms with E-state index in [4.69, 9.17) is 27.9 Å². The lowest BCUT2D eigenvalue weighted by Gasteiger charge is -2.22. The van der Waals surface area contributed by atoms with Crippen molar-refractivity contribution >= 4 is 40.6 Å². The van der Waals surface area contributed by atoms with Crippen molar-refractivity contribution in [1.29, 1.82) is 0 Å². The Hall–Kier alpha value is -2.08. The van der Waals surface area contributed by atoms with Gasteiger partial charge in [-0.25, -0.2) is 0 Å². The number of methoxy groups -OCH3 is 1. The number of aliphatic hydroxyl groups is 1. The average Bonchev–Trinajstić information content (AvgIpc) is 2.80. The molecule has 1 unspecified atom stereocenters. The van der Waals surface area contributed by atoms with E-state index >= 15 is 0 Å². The van der Waals surface area contributed by atoms with Crippen LogP contribution < -0.4 is 9.64 Å². The third kappa shape index (κ3) is 3.07. The number of rotatable bonds is 5. The maximum atomic E-state index is 13.0. The molecule has 1 N–H and O–H groups in total. The second-order valence-corrected chi connectivity index (χ2v) is 7.02. The molecule has 1 atom stereocenters. The van der Waals surface area contributed by atoms with Crippen molar-refractivity contribution in [2.75, 3.05) is 12.0 Å². The minimum atomic E-state index is -1.94. The number of nitrogens with zero attached hydrogens (tertiary/aromatic N) is 1. The summed E-state index contributed by atoms with van der Waals surface area (Å²) in [4.78, 5) is 26.0. The number of fused-ring (bicyclic) bond motifs is 1. The molecule has 0 saturated carbocycles. The van der Waals surface area contributed by atoms with Gasteiger partial charge in [0.05, 0.1) is 29.4 Å². The predicted octanol–water partition coefficient (Wildman–Crippen LogP) is 3.72. The van der Waals surface area contributed by atoms with Crippen molar-refractivity contribution in [3.8, 4) is 5.75 Å². The van der Waals surface area contributed by atoms with Crippen molar-refractivity contribution in [2.24, 2.45) is 0 Å². The molecule has 0 fully saturated rings. The first-order chi connectivity index (χ1) is 12.3. The van der Waals surface area contributed by atoms with E-state index in [2.05, 4.69) is 0 Å². The molecule has 136 valence electrons. The third-order valence-electron chi connectivity index (χ3n) is 4.39. The van der Waals surface area contributed by atoms with Gasteiger partial charge in [-0.3, -0.25) is 9.59 Å². The van der Waals surface area contributed by atoms with E-state index < -0.39 is 11.5 Å². The molecule has 3 rings (SSSR count). The quantitative estimate of drug-likeness (QED) is 0.840. The summed E-state index contributed by atoms with van der Waals surface area (Å²) in [5.74, 6) is -0.206. The van der Waals surface area contributed by atoms with E-state index in [0.717, 1.165) is 5.56 Å². The minimum absolute atomic E-state index is 0.172. The van der Waals surface area contributed by atoms with Gasteiger partial charge in [-0.05, 0) is 30.7 Å². The zero-order valence-corrected chi connectivity index (χ0v) is 15.8. The lowest BCUT2D eigenvalue weighted by atomic mass is 9.90. The standard InChI is InChI=1S/C19H17Cl2NO4/c1-11(23)9-19(25)14-7-8-15(20)16(21)17(14)22(18(19)24)10-12-3-5-13(26-2)6-4-12/h3-8,25H,9-10H2,1-2H3. The number of hydrogen-bond acceptors (Lipinski definition) is 4. The Morgan fingerprint density at radius 1 is 1.19 bits per heavy atom. The zero-order valence-electron chi connectivity index (χ0n) is 14.3. The fraction of sp³-hybridized carbons (Fsp3) is 0.263. The summed E-state index contributed by atoms with van der Waals surface area (Å²) in [6.45, 7) is 1.50. The number of ether oxygens (including phenoxy) is 1. The minimum Gasteiger partial charge on any atom is -0.497 e. The van der Waals surface area contributed by atoms with E-state index in [9.17, 15) is 14.7 Å². The highest BCUT2D eigenvalue weighted by atomic mass is 35.5. The Kier molecular flexibility index (Phi) is 4.97. The van der Waals surface area contributed by atoms with Crippen molar-refractivity contribution in [1.82, 2.24) is 0 Å². The van der Waals surface area contributed by atoms with Gasteiger partial charge in [-0.2, -0.15) is 0 Å². The maximum Gasteiger partial charge on any atom is 0.264 e. The molecule has 7 heteroatoms. The molecule has 0 saturated heterocycles. The Morgan fingerprint density at radius 2 is 1.85 bits per heavy atom. The topological polar surface area (TPSA) is 66.8 Å². The number of carbonyl (C=O) groups is 2. The summed E-state index contributed by atoms with van der Waals surface area (Å²) in [6, 6.07) is 10.2. The van der Waals surface area contributed by atoms with Crippen LogP contribution >= 0.6 is 23.2 Å². The van der Waals surface area contributed by atoms with Gasteiger partial charge in [0.1, 0.15) is 11.5 Å². The van der Waals surface area contributed by atoms with Crippen LogP contribution in [0.3, 0.4) is 0 Å². The van der Waals surface area contributed by atoms with Crippen molar-refractivity contribution < 1.29 is 19.4 Å². The number of ketones is 1. The van der Waals surface area contributed by atoms with E-state index in [1.54, 1.807) is 25.3 Å². The highest BCUT2D eigenvalue weighted by molar-refractivity contribution is 6.44. The normalized spacial score (nSPS) is 18.8. The monoisotopic (exact) mass is 393 g/mol. The number of halogens is 2. The highest BCUT2D eigenvalue weighted by Crippen LogP contribution is 2.48. The van der Waals surface area contributed by atoms with Crippen LogP contribution in [-0.2, 0) is 21.7 Å². The molecule has 0 spiro atoms. The van der Waals surface area contributed by atoms with Gasteiger partial charge in [0, 0.05) is 12.0 Å². The van der Waals surface area contributed by atoms with Crippen LogP contribution in [-0.4, -0.2) is 23.9 Å². The van der Waals surface area contributed by atoms with Crippen molar-refractivity contribution in [3.63, 3.8) is 0 Å². The molecule has 1 amide bonds. The first-order valence-electron chi connectivity index (χ1n) is 7.93. The van der Waals surface area contributed by atoms with Gasteiger partial charge in [0.15, 0.2) is 5.60 Å². The van der Waals surface area contributed by atoms with Crippen LogP contribution in [0.2, 0.25) is 10.0 Å².